The van der Waals surface area contributed by atoms with Gasteiger partial charge in [-0.3, -0.25) is 9.36 Å². The summed E-state index contributed by atoms with van der Waals surface area (Å²) in [6.07, 6.45) is 3.64. The van der Waals surface area contributed by atoms with Gasteiger partial charge in [-0.1, -0.05) is 36.9 Å². The van der Waals surface area contributed by atoms with Crippen molar-refractivity contribution in [3.63, 3.8) is 0 Å². The molecule has 0 fully saturated rings. The number of hydrogen-bond donors (Lipinski definition) is 2. The molecule has 0 saturated carbocycles. The van der Waals surface area contributed by atoms with E-state index in [2.05, 4.69) is 20.6 Å². The molecule has 1 unspecified atom stereocenters. The molecular weight excluding hydrogens is 406 g/mol. The van der Waals surface area contributed by atoms with Crippen molar-refractivity contribution in [3.8, 4) is 5.69 Å². The zero-order valence-corrected chi connectivity index (χ0v) is 17.7. The fourth-order valence-electron chi connectivity index (χ4n) is 3.00. The van der Waals surface area contributed by atoms with Crippen molar-refractivity contribution in [2.75, 3.05) is 23.9 Å². The van der Waals surface area contributed by atoms with E-state index in [1.807, 2.05) is 43.5 Å². The van der Waals surface area contributed by atoms with Crippen molar-refractivity contribution in [2.45, 2.75) is 31.5 Å². The number of anilines is 2. The maximum Gasteiger partial charge on any atom is 0.343 e. The van der Waals surface area contributed by atoms with Gasteiger partial charge in [0.15, 0.2) is 11.0 Å². The number of hydrogen-bond acceptors (Lipinski definition) is 8. The van der Waals surface area contributed by atoms with Gasteiger partial charge >= 0.3 is 5.97 Å². The lowest BCUT2D eigenvalue weighted by molar-refractivity contribution is -0.119. The summed E-state index contributed by atoms with van der Waals surface area (Å²) in [7, 11) is 0. The van der Waals surface area contributed by atoms with Gasteiger partial charge in [-0.15, -0.1) is 10.2 Å². The molecule has 3 aromatic rings. The second-order valence-corrected chi connectivity index (χ2v) is 6.98. The van der Waals surface area contributed by atoms with Crippen LogP contribution in [0, 0.1) is 0 Å². The van der Waals surface area contributed by atoms with Gasteiger partial charge in [-0.25, -0.2) is 9.48 Å². The van der Waals surface area contributed by atoms with Crippen LogP contribution in [0.15, 0.2) is 41.7 Å². The van der Waals surface area contributed by atoms with Crippen LogP contribution in [0.1, 0.15) is 36.7 Å². The van der Waals surface area contributed by atoms with E-state index in [1.165, 1.54) is 22.6 Å². The summed E-state index contributed by atoms with van der Waals surface area (Å²) in [5, 5.41) is 15.5. The van der Waals surface area contributed by atoms with Crippen molar-refractivity contribution in [2.24, 2.45) is 0 Å². The van der Waals surface area contributed by atoms with Crippen LogP contribution in [0.4, 0.5) is 11.8 Å². The second-order valence-electron chi connectivity index (χ2n) is 6.20. The maximum absolute atomic E-state index is 13.2. The minimum Gasteiger partial charge on any atom is -0.462 e. The topological polar surface area (TPSA) is 130 Å². The van der Waals surface area contributed by atoms with E-state index in [-0.39, 0.29) is 29.8 Å². The number of amides is 1. The molecule has 3 rings (SSSR count). The second kappa shape index (κ2) is 9.44. The zero-order valence-electron chi connectivity index (χ0n) is 16.9. The highest BCUT2D eigenvalue weighted by Gasteiger charge is 2.28. The van der Waals surface area contributed by atoms with Gasteiger partial charge in [0.05, 0.1) is 18.5 Å². The fourth-order valence-corrected chi connectivity index (χ4v) is 3.54. The van der Waals surface area contributed by atoms with Crippen molar-refractivity contribution < 1.29 is 14.3 Å². The molecule has 0 aliphatic rings. The summed E-state index contributed by atoms with van der Waals surface area (Å²) in [5.74, 6) is -0.580. The summed E-state index contributed by atoms with van der Waals surface area (Å²) >= 11 is 1.34. The Labute approximate surface area is 177 Å². The number of aromatic nitrogens is 5. The van der Waals surface area contributed by atoms with E-state index in [0.717, 1.165) is 0 Å². The third-order valence-corrected chi connectivity index (χ3v) is 5.02. The third-order valence-electron chi connectivity index (χ3n) is 4.38. The molecule has 2 aromatic heterocycles. The number of thioether (sulfide) groups is 1. The van der Waals surface area contributed by atoms with Gasteiger partial charge in [0, 0.05) is 0 Å². The number of benzene rings is 1. The van der Waals surface area contributed by atoms with Crippen LogP contribution in [0.3, 0.4) is 0 Å². The molecule has 0 aliphatic carbocycles. The Morgan fingerprint density at radius 2 is 1.97 bits per heavy atom. The highest BCUT2D eigenvalue weighted by atomic mass is 32.2. The number of esters is 1. The van der Waals surface area contributed by atoms with Crippen molar-refractivity contribution in [3.05, 3.63) is 42.1 Å². The third kappa shape index (κ3) is 4.15. The van der Waals surface area contributed by atoms with Gasteiger partial charge in [-0.2, -0.15) is 5.10 Å². The van der Waals surface area contributed by atoms with Crippen molar-refractivity contribution in [1.82, 2.24) is 24.5 Å². The summed E-state index contributed by atoms with van der Waals surface area (Å²) < 4.78 is 8.19. The molecule has 0 radical (unpaired) electrons. The molecule has 1 amide bonds. The van der Waals surface area contributed by atoms with E-state index >= 15 is 0 Å². The van der Waals surface area contributed by atoms with E-state index in [1.54, 1.807) is 11.5 Å². The minimum atomic E-state index is -0.670. The summed E-state index contributed by atoms with van der Waals surface area (Å²) in [6, 6.07) is 8.51. The molecule has 1 aromatic carbocycles. The first kappa shape index (κ1) is 21.4. The van der Waals surface area contributed by atoms with Crippen LogP contribution in [0.5, 0.6) is 0 Å². The molecule has 0 aliphatic heterocycles. The van der Waals surface area contributed by atoms with Crippen LogP contribution in [0.25, 0.3) is 5.69 Å². The largest absolute Gasteiger partial charge is 0.462 e. The summed E-state index contributed by atoms with van der Waals surface area (Å²) in [4.78, 5) is 25.7. The SMILES string of the molecule is CCOC(=O)c1cnn(-c2ccccc2)c1NC(=O)C(CC)n1c(N)nnc1SC. The number of para-hydroxylation sites is 1. The van der Waals surface area contributed by atoms with Crippen LogP contribution in [-0.2, 0) is 9.53 Å². The lowest BCUT2D eigenvalue weighted by Gasteiger charge is -2.19. The fraction of sp³-hybridized carbons (Fsp3) is 0.316. The Hall–Kier alpha value is -3.34. The Morgan fingerprint density at radius 3 is 2.60 bits per heavy atom. The molecule has 1 atom stereocenters. The standard InChI is InChI=1S/C19H23N7O3S/c1-4-14(25-18(20)23-24-19(25)30-3)16(27)22-15-13(17(28)29-5-2)11-21-26(15)12-9-7-6-8-10-12/h6-11,14H,4-5H2,1-3H3,(H2,20,23)(H,22,27). The van der Waals surface area contributed by atoms with Crippen LogP contribution >= 0.6 is 11.8 Å². The molecule has 30 heavy (non-hydrogen) atoms. The van der Waals surface area contributed by atoms with E-state index < -0.39 is 12.0 Å². The first-order valence-electron chi connectivity index (χ1n) is 9.37. The Kier molecular flexibility index (Phi) is 6.72. The van der Waals surface area contributed by atoms with Gasteiger partial charge in [0.25, 0.3) is 0 Å². The average Bonchev–Trinajstić information content (AvgIpc) is 3.33. The van der Waals surface area contributed by atoms with Gasteiger partial charge in [0.2, 0.25) is 11.9 Å². The molecule has 10 nitrogen and oxygen atoms in total. The molecule has 158 valence electrons. The van der Waals surface area contributed by atoms with Gasteiger partial charge < -0.3 is 15.8 Å². The highest BCUT2D eigenvalue weighted by Crippen LogP contribution is 2.27. The number of carbonyl (C=O) groups is 2. The number of nitrogens with zero attached hydrogens (tertiary/aromatic N) is 5. The number of nitrogens with two attached hydrogens (primary N) is 1. The summed E-state index contributed by atoms with van der Waals surface area (Å²) in [5.41, 5.74) is 6.79. The predicted molar refractivity (Wildman–Crippen MR) is 114 cm³/mol. The molecule has 0 bridgehead atoms. The first-order valence-corrected chi connectivity index (χ1v) is 10.6. The minimum absolute atomic E-state index is 0.142. The van der Waals surface area contributed by atoms with E-state index in [9.17, 15) is 9.59 Å². The van der Waals surface area contributed by atoms with Crippen LogP contribution < -0.4 is 11.1 Å². The van der Waals surface area contributed by atoms with Gasteiger partial charge in [0.1, 0.15) is 11.6 Å². The Bertz CT molecular complexity index is 1030. The van der Waals surface area contributed by atoms with E-state index in [4.69, 9.17) is 10.5 Å². The predicted octanol–water partition coefficient (Wildman–Crippen LogP) is 2.53. The lowest BCUT2D eigenvalue weighted by Crippen LogP contribution is -2.28. The van der Waals surface area contributed by atoms with Gasteiger partial charge in [-0.05, 0) is 31.7 Å². The number of carbonyl (C=O) groups excluding carboxylic acids is 2. The normalized spacial score (nSPS) is 11.8. The molecule has 0 saturated heterocycles. The number of rotatable bonds is 8. The highest BCUT2D eigenvalue weighted by molar-refractivity contribution is 7.98. The Morgan fingerprint density at radius 1 is 1.23 bits per heavy atom. The quantitative estimate of drug-likeness (QED) is 0.413. The maximum atomic E-state index is 13.2. The molecule has 3 N–H and O–H groups in total. The van der Waals surface area contributed by atoms with E-state index in [0.29, 0.717) is 17.3 Å². The lowest BCUT2D eigenvalue weighted by atomic mass is 10.2. The Balaban J connectivity index is 2.01. The number of nitrogens with one attached hydrogen (secondary N) is 1. The monoisotopic (exact) mass is 429 g/mol. The number of ether oxygens (including phenoxy) is 1. The van der Waals surface area contributed by atoms with Crippen molar-refractivity contribution in [1.29, 1.82) is 0 Å². The van der Waals surface area contributed by atoms with Crippen LogP contribution in [0.2, 0.25) is 0 Å². The molecule has 0 spiro atoms. The van der Waals surface area contributed by atoms with Crippen molar-refractivity contribution >= 4 is 35.4 Å². The first-order chi connectivity index (χ1) is 14.5. The molecule has 2 heterocycles. The van der Waals surface area contributed by atoms with Crippen LogP contribution in [-0.4, -0.2) is 49.3 Å². The summed E-state index contributed by atoms with van der Waals surface area (Å²) in [6.45, 7) is 3.77. The number of nitrogen functional groups attached to an aromatic ring is 1. The molecule has 11 heteroatoms. The molecular formula is C19H23N7O3S. The zero-order chi connectivity index (χ0) is 21.7. The smallest absolute Gasteiger partial charge is 0.343 e. The average molecular weight is 430 g/mol.